The second-order valence-corrected chi connectivity index (χ2v) is 8.76. The average molecular weight is 478 g/mol. The van der Waals surface area contributed by atoms with E-state index in [0.29, 0.717) is 0 Å². The zero-order valence-corrected chi connectivity index (χ0v) is 21.3. The molecule has 1 fully saturated rings. The summed E-state index contributed by atoms with van der Waals surface area (Å²) >= 11 is 5.60. The van der Waals surface area contributed by atoms with Crippen molar-refractivity contribution >= 4 is 11.6 Å². The number of nitrogens with zero attached hydrogens (tertiary/aromatic N) is 1. The van der Waals surface area contributed by atoms with Crippen LogP contribution in [0.4, 0.5) is 0 Å². The van der Waals surface area contributed by atoms with Crippen LogP contribution in [-0.4, -0.2) is 68.1 Å². The molecule has 2 aromatic carbocycles. The number of halogens is 1. The maximum absolute atomic E-state index is 9.53. The maximum atomic E-state index is 9.53. The summed E-state index contributed by atoms with van der Waals surface area (Å²) in [5.74, 6) is 1.80. The highest BCUT2D eigenvalue weighted by molar-refractivity contribution is 6.18. The molecule has 0 saturated carbocycles. The highest BCUT2D eigenvalue weighted by atomic mass is 35.5. The predicted molar refractivity (Wildman–Crippen MR) is 136 cm³/mol. The van der Waals surface area contributed by atoms with Gasteiger partial charge in [-0.3, -0.25) is 4.90 Å². The van der Waals surface area contributed by atoms with E-state index < -0.39 is 6.10 Å². The van der Waals surface area contributed by atoms with Gasteiger partial charge in [-0.05, 0) is 41.8 Å². The lowest BCUT2D eigenvalue weighted by molar-refractivity contribution is 0.0358. The van der Waals surface area contributed by atoms with E-state index >= 15 is 0 Å². The van der Waals surface area contributed by atoms with Crippen LogP contribution in [0.15, 0.2) is 48.5 Å². The Morgan fingerprint density at radius 1 is 0.939 bits per heavy atom. The first-order valence-electron chi connectivity index (χ1n) is 12.0. The quantitative estimate of drug-likeness (QED) is 0.359. The third kappa shape index (κ3) is 8.82. The summed E-state index contributed by atoms with van der Waals surface area (Å²) in [5, 5.41) is 9.53. The lowest BCUT2D eigenvalue weighted by Gasteiger charge is -2.27. The van der Waals surface area contributed by atoms with Crippen LogP contribution in [0.25, 0.3) is 0 Å². The van der Waals surface area contributed by atoms with Gasteiger partial charge in [-0.2, -0.15) is 0 Å². The molecule has 6 heteroatoms. The molecule has 184 valence electrons. The summed E-state index contributed by atoms with van der Waals surface area (Å²) in [6.45, 7) is 14.1. The summed E-state index contributed by atoms with van der Waals surface area (Å²) in [4.78, 5) is 2.43. The second-order valence-electron chi connectivity index (χ2n) is 8.45. The van der Waals surface area contributed by atoms with Crippen molar-refractivity contribution < 1.29 is 19.3 Å². The van der Waals surface area contributed by atoms with Gasteiger partial charge in [-0.1, -0.05) is 52.0 Å². The normalized spacial score (nSPS) is 15.3. The molecule has 1 aliphatic rings. The Balaban J connectivity index is 0.00000187. The SMILES string of the molecule is CC.CC(C)(c1ccc(OCCCN2CCOCC2)cc1)c1ccc(OCC(O)CCl)cc1. The van der Waals surface area contributed by atoms with E-state index in [0.717, 1.165) is 57.4 Å². The van der Waals surface area contributed by atoms with E-state index in [9.17, 15) is 5.11 Å². The number of aliphatic hydroxyl groups is 1. The van der Waals surface area contributed by atoms with Gasteiger partial charge in [0.1, 0.15) is 24.2 Å². The molecule has 1 N–H and O–H groups in total. The van der Waals surface area contributed by atoms with E-state index in [-0.39, 0.29) is 17.9 Å². The molecule has 3 rings (SSSR count). The average Bonchev–Trinajstić information content (AvgIpc) is 2.87. The van der Waals surface area contributed by atoms with Crippen molar-refractivity contribution in [1.29, 1.82) is 0 Å². The van der Waals surface area contributed by atoms with E-state index in [1.54, 1.807) is 0 Å². The number of aliphatic hydroxyl groups excluding tert-OH is 1. The molecular formula is C27H40ClNO4. The standard InChI is InChI=1S/C25H34ClNO4.C2H6/c1-25(2,21-6-10-24(11-7-21)31-19-22(28)18-26)20-4-8-23(9-5-20)30-15-3-12-27-13-16-29-17-14-27;1-2/h4-11,22,28H,3,12-19H2,1-2H3;1-2H3. The monoisotopic (exact) mass is 477 g/mol. The lowest BCUT2D eigenvalue weighted by atomic mass is 9.78. The van der Waals surface area contributed by atoms with Gasteiger partial charge < -0.3 is 19.3 Å². The molecule has 1 atom stereocenters. The minimum Gasteiger partial charge on any atom is -0.494 e. The van der Waals surface area contributed by atoms with Gasteiger partial charge in [0.25, 0.3) is 0 Å². The van der Waals surface area contributed by atoms with Gasteiger partial charge >= 0.3 is 0 Å². The third-order valence-electron chi connectivity index (χ3n) is 5.76. The Bertz CT molecular complexity index is 774. The van der Waals surface area contributed by atoms with Gasteiger partial charge in [0, 0.05) is 25.0 Å². The van der Waals surface area contributed by atoms with Crippen molar-refractivity contribution in [1.82, 2.24) is 4.90 Å². The Morgan fingerprint density at radius 3 is 1.97 bits per heavy atom. The van der Waals surface area contributed by atoms with Gasteiger partial charge in [0.05, 0.1) is 25.7 Å². The van der Waals surface area contributed by atoms with Crippen molar-refractivity contribution in [2.24, 2.45) is 0 Å². The topological polar surface area (TPSA) is 51.2 Å². The number of rotatable bonds is 11. The van der Waals surface area contributed by atoms with Crippen LogP contribution >= 0.6 is 11.6 Å². The first-order valence-corrected chi connectivity index (χ1v) is 12.5. The number of hydrogen-bond acceptors (Lipinski definition) is 5. The molecule has 33 heavy (non-hydrogen) atoms. The minimum atomic E-state index is -0.655. The fourth-order valence-corrected chi connectivity index (χ4v) is 3.73. The minimum absolute atomic E-state index is 0.150. The van der Waals surface area contributed by atoms with Crippen LogP contribution in [0, 0.1) is 0 Å². The molecule has 1 aliphatic heterocycles. The summed E-state index contributed by atoms with van der Waals surface area (Å²) < 4.78 is 16.9. The molecule has 0 aromatic heterocycles. The van der Waals surface area contributed by atoms with Gasteiger partial charge in [-0.15, -0.1) is 11.6 Å². The number of benzene rings is 2. The predicted octanol–water partition coefficient (Wildman–Crippen LogP) is 5.12. The highest BCUT2D eigenvalue weighted by Gasteiger charge is 2.23. The van der Waals surface area contributed by atoms with Gasteiger partial charge in [0.2, 0.25) is 0 Å². The summed E-state index contributed by atoms with van der Waals surface area (Å²) in [7, 11) is 0. The smallest absolute Gasteiger partial charge is 0.119 e. The van der Waals surface area contributed by atoms with E-state index in [4.69, 9.17) is 25.8 Å². The van der Waals surface area contributed by atoms with Crippen molar-refractivity contribution in [2.45, 2.75) is 45.6 Å². The molecule has 0 aliphatic carbocycles. The second kappa shape index (κ2) is 14.5. The van der Waals surface area contributed by atoms with Crippen LogP contribution in [0.2, 0.25) is 0 Å². The molecule has 1 saturated heterocycles. The molecule has 0 bridgehead atoms. The lowest BCUT2D eigenvalue weighted by Crippen LogP contribution is -2.37. The van der Waals surface area contributed by atoms with Gasteiger partial charge in [-0.25, -0.2) is 0 Å². The number of ether oxygens (including phenoxy) is 3. The Kier molecular flexibility index (Phi) is 12.0. The van der Waals surface area contributed by atoms with Crippen LogP contribution in [0.3, 0.4) is 0 Å². The number of morpholine rings is 1. The Hall–Kier alpha value is -1.79. The molecule has 1 unspecified atom stereocenters. The largest absolute Gasteiger partial charge is 0.494 e. The summed E-state index contributed by atoms with van der Waals surface area (Å²) in [6.07, 6.45) is 0.363. The summed E-state index contributed by atoms with van der Waals surface area (Å²) in [6, 6.07) is 16.4. The van der Waals surface area contributed by atoms with Crippen LogP contribution in [-0.2, 0) is 10.2 Å². The van der Waals surface area contributed by atoms with Crippen LogP contribution < -0.4 is 9.47 Å². The Morgan fingerprint density at radius 2 is 1.45 bits per heavy atom. The highest BCUT2D eigenvalue weighted by Crippen LogP contribution is 2.33. The zero-order chi connectivity index (χ0) is 24.1. The molecule has 1 heterocycles. The fraction of sp³-hybridized carbons (Fsp3) is 0.556. The zero-order valence-electron chi connectivity index (χ0n) is 20.6. The number of hydrogen-bond donors (Lipinski definition) is 1. The number of alkyl halides is 1. The Labute approximate surface area is 204 Å². The van der Waals surface area contributed by atoms with Crippen LogP contribution in [0.5, 0.6) is 11.5 Å². The maximum Gasteiger partial charge on any atom is 0.119 e. The van der Waals surface area contributed by atoms with E-state index in [2.05, 4.69) is 55.1 Å². The van der Waals surface area contributed by atoms with Crippen molar-refractivity contribution in [3.05, 3.63) is 59.7 Å². The van der Waals surface area contributed by atoms with Crippen LogP contribution in [0.1, 0.15) is 45.2 Å². The molecular weight excluding hydrogens is 438 g/mol. The molecule has 0 amide bonds. The third-order valence-corrected chi connectivity index (χ3v) is 6.12. The first-order chi connectivity index (χ1) is 16.0. The molecule has 0 radical (unpaired) electrons. The summed E-state index contributed by atoms with van der Waals surface area (Å²) in [5.41, 5.74) is 2.26. The van der Waals surface area contributed by atoms with E-state index in [1.807, 2.05) is 26.0 Å². The van der Waals surface area contributed by atoms with Crippen molar-refractivity contribution in [2.75, 3.05) is 51.9 Å². The molecule has 0 spiro atoms. The molecule has 5 nitrogen and oxygen atoms in total. The fourth-order valence-electron chi connectivity index (χ4n) is 3.64. The van der Waals surface area contributed by atoms with Crippen molar-refractivity contribution in [3.63, 3.8) is 0 Å². The van der Waals surface area contributed by atoms with E-state index in [1.165, 1.54) is 11.1 Å². The van der Waals surface area contributed by atoms with Crippen molar-refractivity contribution in [3.8, 4) is 11.5 Å². The first kappa shape index (κ1) is 27.5. The molecule has 2 aromatic rings. The van der Waals surface area contributed by atoms with Gasteiger partial charge in [0.15, 0.2) is 0 Å².